The molecule has 1 heterocycles. The number of rotatable bonds is 6. The molecule has 1 aromatic heterocycles. The SMILES string of the molecule is NC(=S)c1ccc(C(=O)NCCCc2ncn[nH]2)cc1. The number of thiocarbonyl (C=S) groups is 1. The molecule has 0 bridgehead atoms. The van der Waals surface area contributed by atoms with Crippen LogP contribution in [-0.2, 0) is 6.42 Å². The van der Waals surface area contributed by atoms with Gasteiger partial charge in [-0.2, -0.15) is 5.10 Å². The second-order valence-corrected chi connectivity index (χ2v) is 4.67. The van der Waals surface area contributed by atoms with Gasteiger partial charge in [0.2, 0.25) is 0 Å². The minimum absolute atomic E-state index is 0.114. The lowest BCUT2D eigenvalue weighted by Crippen LogP contribution is -2.25. The molecule has 0 atom stereocenters. The summed E-state index contributed by atoms with van der Waals surface area (Å²) in [7, 11) is 0. The zero-order valence-corrected chi connectivity index (χ0v) is 11.6. The highest BCUT2D eigenvalue weighted by Crippen LogP contribution is 2.04. The van der Waals surface area contributed by atoms with E-state index < -0.39 is 0 Å². The van der Waals surface area contributed by atoms with Crippen LogP contribution in [0.4, 0.5) is 0 Å². The Kier molecular flexibility index (Phi) is 4.78. The van der Waals surface area contributed by atoms with Gasteiger partial charge in [0.25, 0.3) is 5.91 Å². The molecule has 104 valence electrons. The standard InChI is InChI=1S/C13H15N5OS/c14-12(20)9-3-5-10(6-4-9)13(19)15-7-1-2-11-16-8-17-18-11/h3-6,8H,1-2,7H2,(H2,14,20)(H,15,19)(H,16,17,18). The lowest BCUT2D eigenvalue weighted by Gasteiger charge is -2.05. The second-order valence-electron chi connectivity index (χ2n) is 4.23. The van der Waals surface area contributed by atoms with E-state index in [-0.39, 0.29) is 5.91 Å². The molecule has 20 heavy (non-hydrogen) atoms. The molecule has 1 aromatic carbocycles. The van der Waals surface area contributed by atoms with Crippen molar-refractivity contribution in [3.8, 4) is 0 Å². The zero-order valence-electron chi connectivity index (χ0n) is 10.8. The van der Waals surface area contributed by atoms with Gasteiger partial charge in [0, 0.05) is 24.1 Å². The molecule has 0 spiro atoms. The maximum absolute atomic E-state index is 11.9. The van der Waals surface area contributed by atoms with Crippen LogP contribution in [0.25, 0.3) is 0 Å². The summed E-state index contributed by atoms with van der Waals surface area (Å²) in [6, 6.07) is 6.90. The fraction of sp³-hybridized carbons (Fsp3) is 0.231. The van der Waals surface area contributed by atoms with Gasteiger partial charge in [0.1, 0.15) is 17.1 Å². The Morgan fingerprint density at radius 3 is 2.60 bits per heavy atom. The average Bonchev–Trinajstić information content (AvgIpc) is 2.96. The monoisotopic (exact) mass is 289 g/mol. The van der Waals surface area contributed by atoms with Crippen molar-refractivity contribution in [1.29, 1.82) is 0 Å². The van der Waals surface area contributed by atoms with Gasteiger partial charge in [-0.3, -0.25) is 9.89 Å². The number of carbonyl (C=O) groups excluding carboxylic acids is 1. The summed E-state index contributed by atoms with van der Waals surface area (Å²) in [6.07, 6.45) is 3.02. The highest BCUT2D eigenvalue weighted by atomic mass is 32.1. The number of benzene rings is 1. The van der Waals surface area contributed by atoms with Crippen molar-refractivity contribution in [2.45, 2.75) is 12.8 Å². The fourth-order valence-corrected chi connectivity index (χ4v) is 1.83. The number of hydrogen-bond acceptors (Lipinski definition) is 4. The minimum atomic E-state index is -0.114. The van der Waals surface area contributed by atoms with Gasteiger partial charge in [0.05, 0.1) is 0 Å². The topological polar surface area (TPSA) is 96.7 Å². The Hall–Kier alpha value is -2.28. The first-order valence-corrected chi connectivity index (χ1v) is 6.60. The summed E-state index contributed by atoms with van der Waals surface area (Å²) in [4.78, 5) is 16.2. The minimum Gasteiger partial charge on any atom is -0.389 e. The predicted octanol–water partition coefficient (Wildman–Crippen LogP) is 0.801. The van der Waals surface area contributed by atoms with E-state index in [4.69, 9.17) is 18.0 Å². The summed E-state index contributed by atoms with van der Waals surface area (Å²) in [5, 5.41) is 9.38. The lowest BCUT2D eigenvalue weighted by molar-refractivity contribution is 0.0953. The van der Waals surface area contributed by atoms with E-state index in [9.17, 15) is 4.79 Å². The lowest BCUT2D eigenvalue weighted by atomic mass is 10.1. The van der Waals surface area contributed by atoms with Crippen LogP contribution >= 0.6 is 12.2 Å². The highest BCUT2D eigenvalue weighted by Gasteiger charge is 2.05. The molecule has 0 saturated heterocycles. The summed E-state index contributed by atoms with van der Waals surface area (Å²) in [5.41, 5.74) is 6.84. The molecule has 2 aromatic rings. The van der Waals surface area contributed by atoms with Crippen LogP contribution < -0.4 is 11.1 Å². The first kappa shape index (κ1) is 14.1. The molecule has 4 N–H and O–H groups in total. The Balaban J connectivity index is 1.78. The molecule has 6 nitrogen and oxygen atoms in total. The number of hydrogen-bond donors (Lipinski definition) is 3. The number of aryl methyl sites for hydroxylation is 1. The van der Waals surface area contributed by atoms with Crippen molar-refractivity contribution in [2.24, 2.45) is 5.73 Å². The molecule has 7 heteroatoms. The Labute approximate surface area is 121 Å². The van der Waals surface area contributed by atoms with Gasteiger partial charge < -0.3 is 11.1 Å². The number of aromatic amines is 1. The highest BCUT2D eigenvalue weighted by molar-refractivity contribution is 7.80. The molecule has 1 amide bonds. The number of aromatic nitrogens is 3. The first-order valence-electron chi connectivity index (χ1n) is 6.19. The average molecular weight is 289 g/mol. The molecule has 0 unspecified atom stereocenters. The maximum atomic E-state index is 11.9. The first-order chi connectivity index (χ1) is 9.66. The third-order valence-electron chi connectivity index (χ3n) is 2.77. The van der Waals surface area contributed by atoms with E-state index >= 15 is 0 Å². The molecule has 0 aliphatic carbocycles. The Bertz CT molecular complexity index is 579. The van der Waals surface area contributed by atoms with Crippen molar-refractivity contribution in [3.05, 3.63) is 47.5 Å². The van der Waals surface area contributed by atoms with Crippen LogP contribution in [-0.4, -0.2) is 32.6 Å². The number of H-pyrrole nitrogens is 1. The molecule has 0 radical (unpaired) electrons. The predicted molar refractivity (Wildman–Crippen MR) is 79.4 cm³/mol. The number of nitrogens with one attached hydrogen (secondary N) is 2. The van der Waals surface area contributed by atoms with E-state index in [1.807, 2.05) is 0 Å². The van der Waals surface area contributed by atoms with Crippen molar-refractivity contribution in [1.82, 2.24) is 20.5 Å². The van der Waals surface area contributed by atoms with Crippen LogP contribution in [0.1, 0.15) is 28.2 Å². The van der Waals surface area contributed by atoms with E-state index in [0.29, 0.717) is 17.1 Å². The smallest absolute Gasteiger partial charge is 0.251 e. The van der Waals surface area contributed by atoms with Crippen LogP contribution in [0, 0.1) is 0 Å². The van der Waals surface area contributed by atoms with Crippen molar-refractivity contribution in [2.75, 3.05) is 6.54 Å². The van der Waals surface area contributed by atoms with Crippen molar-refractivity contribution >= 4 is 23.1 Å². The van der Waals surface area contributed by atoms with Crippen LogP contribution in [0.5, 0.6) is 0 Å². The summed E-state index contributed by atoms with van der Waals surface area (Å²) < 4.78 is 0. The van der Waals surface area contributed by atoms with Crippen LogP contribution in [0.15, 0.2) is 30.6 Å². The maximum Gasteiger partial charge on any atom is 0.251 e. The van der Waals surface area contributed by atoms with E-state index in [0.717, 1.165) is 24.2 Å². The molecule has 0 aliphatic heterocycles. The number of nitrogens with two attached hydrogens (primary N) is 1. The third kappa shape index (κ3) is 3.86. The number of amides is 1. The fourth-order valence-electron chi connectivity index (χ4n) is 1.70. The normalized spacial score (nSPS) is 10.2. The third-order valence-corrected chi connectivity index (χ3v) is 3.01. The Morgan fingerprint density at radius 2 is 2.00 bits per heavy atom. The molecular formula is C13H15N5OS. The number of carbonyl (C=O) groups is 1. The van der Waals surface area contributed by atoms with Gasteiger partial charge in [-0.05, 0) is 18.6 Å². The Morgan fingerprint density at radius 1 is 1.30 bits per heavy atom. The molecule has 0 fully saturated rings. The summed E-state index contributed by atoms with van der Waals surface area (Å²) in [5.74, 6) is 0.706. The molecule has 2 rings (SSSR count). The summed E-state index contributed by atoms with van der Waals surface area (Å²) in [6.45, 7) is 0.580. The second kappa shape index (κ2) is 6.76. The van der Waals surface area contributed by atoms with Crippen LogP contribution in [0.3, 0.4) is 0 Å². The molecular weight excluding hydrogens is 274 g/mol. The van der Waals surface area contributed by atoms with Gasteiger partial charge in [-0.15, -0.1) is 0 Å². The van der Waals surface area contributed by atoms with Gasteiger partial charge >= 0.3 is 0 Å². The van der Waals surface area contributed by atoms with E-state index in [2.05, 4.69) is 20.5 Å². The number of nitrogens with zero attached hydrogens (tertiary/aromatic N) is 2. The summed E-state index contributed by atoms with van der Waals surface area (Å²) >= 11 is 4.86. The van der Waals surface area contributed by atoms with E-state index in [1.54, 1.807) is 24.3 Å². The molecule has 0 saturated carbocycles. The largest absolute Gasteiger partial charge is 0.389 e. The van der Waals surface area contributed by atoms with Gasteiger partial charge in [-0.1, -0.05) is 24.4 Å². The van der Waals surface area contributed by atoms with E-state index in [1.165, 1.54) is 6.33 Å². The van der Waals surface area contributed by atoms with Crippen LogP contribution in [0.2, 0.25) is 0 Å². The van der Waals surface area contributed by atoms with Crippen molar-refractivity contribution in [3.63, 3.8) is 0 Å². The van der Waals surface area contributed by atoms with Crippen molar-refractivity contribution < 1.29 is 4.79 Å². The molecule has 0 aliphatic rings. The quantitative estimate of drug-likeness (QED) is 0.540. The van der Waals surface area contributed by atoms with Gasteiger partial charge in [0.15, 0.2) is 0 Å². The van der Waals surface area contributed by atoms with Gasteiger partial charge in [-0.25, -0.2) is 4.98 Å². The zero-order chi connectivity index (χ0) is 14.4.